The first-order valence-electron chi connectivity index (χ1n) is 12.6. The Balaban J connectivity index is 1.37. The lowest BCUT2D eigenvalue weighted by Gasteiger charge is -2.62. The molecule has 0 saturated carbocycles. The Labute approximate surface area is 223 Å². The van der Waals surface area contributed by atoms with Gasteiger partial charge in [-0.15, -0.1) is 9.04 Å². The first-order valence-corrected chi connectivity index (χ1v) is 14.0. The van der Waals surface area contributed by atoms with E-state index in [0.29, 0.717) is 0 Å². The molecule has 2 N–H and O–H groups in total. The molecule has 5 rings (SSSR count). The molecule has 0 amide bonds. The summed E-state index contributed by atoms with van der Waals surface area (Å²) in [5.74, 6) is 0.238. The van der Waals surface area contributed by atoms with Crippen LogP contribution in [0, 0.1) is 6.92 Å². The summed E-state index contributed by atoms with van der Waals surface area (Å²) in [4.78, 5) is 22.6. The first kappa shape index (κ1) is 26.5. The molecule has 3 unspecified atom stereocenters. The molecule has 0 aliphatic carbocycles. The number of ether oxygens (including phenoxy) is 1. The van der Waals surface area contributed by atoms with Crippen LogP contribution >= 0.6 is 0 Å². The fourth-order valence-corrected chi connectivity index (χ4v) is 8.38. The highest BCUT2D eigenvalue weighted by Crippen LogP contribution is 2.43. The number of rotatable bonds is 7. The highest BCUT2D eigenvalue weighted by Gasteiger charge is 2.53. The predicted molar refractivity (Wildman–Crippen MR) is 146 cm³/mol. The number of aliphatic imine (C=N–C) groups is 1. The van der Waals surface area contributed by atoms with Crippen molar-refractivity contribution in [1.29, 1.82) is 0 Å². The van der Waals surface area contributed by atoms with Gasteiger partial charge in [0.15, 0.2) is 12.0 Å². The zero-order valence-corrected chi connectivity index (χ0v) is 23.2. The van der Waals surface area contributed by atoms with Crippen LogP contribution in [0.5, 0.6) is 0 Å². The molecule has 0 radical (unpaired) electrons. The molecule has 1 aromatic heterocycles. The van der Waals surface area contributed by atoms with E-state index in [9.17, 15) is 15.0 Å². The maximum Gasteiger partial charge on any atom is 0.351 e. The van der Waals surface area contributed by atoms with Gasteiger partial charge >= 0.3 is 5.69 Å². The predicted octanol–water partition coefficient (Wildman–Crippen LogP) is 1.56. The second kappa shape index (κ2) is 9.86. The van der Waals surface area contributed by atoms with E-state index in [0.717, 1.165) is 0 Å². The van der Waals surface area contributed by atoms with E-state index in [-0.39, 0.29) is 17.5 Å². The SMILES string of the molecule is Cc1ccccc1C1(C)c2ccccc2[Si-]1OC[C@H]1O[C@@H](n2ccc(N=CN(C)C)nc2=O)C(C)(O)C1O. The summed E-state index contributed by atoms with van der Waals surface area (Å²) >= 11 is 0. The van der Waals surface area contributed by atoms with Crippen molar-refractivity contribution >= 4 is 26.4 Å². The van der Waals surface area contributed by atoms with Gasteiger partial charge in [-0.25, -0.2) is 9.79 Å². The Morgan fingerprint density at radius 3 is 2.53 bits per heavy atom. The highest BCUT2D eigenvalue weighted by atomic mass is 28.3. The standard InChI is InChI=1S/C28H33N4O5Si/c1-18-10-6-7-11-19(18)28(3)20-12-8-9-13-22(20)38(28)36-16-21-24(33)27(2,35)25(37-21)32-15-14-23(30-26(32)34)29-17-31(4)5/h6-15,17,21,24-25,33,35H,16H2,1-5H3/q-1/t21-,24?,25-,27?,28?/m1/s1. The van der Waals surface area contributed by atoms with Crippen molar-refractivity contribution in [2.24, 2.45) is 4.99 Å². The average Bonchev–Trinajstić information content (AvgIpc) is 3.11. The molecule has 1 saturated heterocycles. The summed E-state index contributed by atoms with van der Waals surface area (Å²) in [6, 6.07) is 18.2. The number of hydrogen-bond donors (Lipinski definition) is 2. The van der Waals surface area contributed by atoms with Crippen LogP contribution in [0.3, 0.4) is 0 Å². The number of aryl methyl sites for hydroxylation is 1. The Kier molecular flexibility index (Phi) is 6.87. The summed E-state index contributed by atoms with van der Waals surface area (Å²) in [5.41, 5.74) is 1.29. The van der Waals surface area contributed by atoms with Gasteiger partial charge in [-0.05, 0) is 25.5 Å². The summed E-state index contributed by atoms with van der Waals surface area (Å²) in [7, 11) is 2.08. The molecule has 3 heterocycles. The Morgan fingerprint density at radius 2 is 1.84 bits per heavy atom. The van der Waals surface area contributed by atoms with Crippen molar-refractivity contribution < 1.29 is 19.4 Å². The zero-order valence-electron chi connectivity index (χ0n) is 22.2. The van der Waals surface area contributed by atoms with Crippen LogP contribution in [0.15, 0.2) is 70.6 Å². The minimum atomic E-state index is -1.73. The maximum absolute atomic E-state index is 12.8. The second-order valence-corrected chi connectivity index (χ2v) is 13.0. The second-order valence-electron chi connectivity index (χ2n) is 10.5. The van der Waals surface area contributed by atoms with Gasteiger partial charge in [0.1, 0.15) is 17.8 Å². The normalized spacial score (nSPS) is 28.4. The number of nitrogens with zero attached hydrogens (tertiary/aromatic N) is 4. The molecule has 1 fully saturated rings. The lowest BCUT2D eigenvalue weighted by Crippen LogP contribution is -2.65. The molecule has 5 atom stereocenters. The van der Waals surface area contributed by atoms with Crippen LogP contribution in [0.1, 0.15) is 36.8 Å². The van der Waals surface area contributed by atoms with Crippen molar-refractivity contribution in [3.63, 3.8) is 0 Å². The van der Waals surface area contributed by atoms with E-state index in [4.69, 9.17) is 9.16 Å². The van der Waals surface area contributed by atoms with Crippen LogP contribution in [-0.4, -0.2) is 78.6 Å². The van der Waals surface area contributed by atoms with Crippen LogP contribution in [0.25, 0.3) is 0 Å². The van der Waals surface area contributed by atoms with E-state index in [2.05, 4.69) is 48.1 Å². The molecule has 0 spiro atoms. The van der Waals surface area contributed by atoms with Crippen LogP contribution in [-0.2, 0) is 14.2 Å². The quantitative estimate of drug-likeness (QED) is 0.270. The van der Waals surface area contributed by atoms with Crippen molar-refractivity contribution in [2.75, 3.05) is 20.7 Å². The molecule has 2 aliphatic heterocycles. The topological polar surface area (TPSA) is 109 Å². The van der Waals surface area contributed by atoms with Gasteiger partial charge in [0.25, 0.3) is 0 Å². The van der Waals surface area contributed by atoms with E-state index in [1.165, 1.54) is 45.9 Å². The van der Waals surface area contributed by atoms with Gasteiger partial charge in [0.05, 0.1) is 6.34 Å². The van der Waals surface area contributed by atoms with E-state index in [1.807, 2.05) is 38.4 Å². The zero-order chi connectivity index (χ0) is 27.2. The average molecular weight is 534 g/mol. The number of aliphatic hydroxyl groups is 2. The molecule has 2 aromatic carbocycles. The van der Waals surface area contributed by atoms with E-state index >= 15 is 0 Å². The van der Waals surface area contributed by atoms with Crippen molar-refractivity contribution in [1.82, 2.24) is 14.5 Å². The number of benzene rings is 2. The lowest BCUT2D eigenvalue weighted by atomic mass is 9.87. The monoisotopic (exact) mass is 533 g/mol. The van der Waals surface area contributed by atoms with Gasteiger partial charge < -0.3 is 24.3 Å². The molecule has 200 valence electrons. The fourth-order valence-electron chi connectivity index (χ4n) is 5.44. The summed E-state index contributed by atoms with van der Waals surface area (Å²) in [5, 5.41) is 23.1. The van der Waals surface area contributed by atoms with Gasteiger partial charge in [-0.2, -0.15) is 10.2 Å². The van der Waals surface area contributed by atoms with Crippen LogP contribution < -0.4 is 10.9 Å². The molecule has 38 heavy (non-hydrogen) atoms. The van der Waals surface area contributed by atoms with Crippen molar-refractivity contribution in [3.8, 4) is 0 Å². The Hall–Kier alpha value is -3.15. The fraction of sp³-hybridized carbons (Fsp3) is 0.393. The largest absolute Gasteiger partial charge is 0.561 e. The molecule has 9 nitrogen and oxygen atoms in total. The Morgan fingerprint density at radius 1 is 1.16 bits per heavy atom. The van der Waals surface area contributed by atoms with Gasteiger partial charge in [0, 0.05) is 26.9 Å². The third kappa shape index (κ3) is 4.32. The van der Waals surface area contributed by atoms with Crippen molar-refractivity contribution in [2.45, 2.75) is 49.8 Å². The third-order valence-corrected chi connectivity index (χ3v) is 10.3. The number of aromatic nitrogens is 2. The molecule has 0 bridgehead atoms. The molecule has 10 heteroatoms. The summed E-state index contributed by atoms with van der Waals surface area (Å²) in [6.07, 6.45) is -0.228. The molecular weight excluding hydrogens is 500 g/mol. The molecular formula is C28H33N4O5Si-. The highest BCUT2D eigenvalue weighted by molar-refractivity contribution is 6.76. The van der Waals surface area contributed by atoms with E-state index < -0.39 is 38.8 Å². The van der Waals surface area contributed by atoms with Gasteiger partial charge in [-0.3, -0.25) is 4.57 Å². The van der Waals surface area contributed by atoms with Gasteiger partial charge in [-0.1, -0.05) is 71.6 Å². The third-order valence-electron chi connectivity index (χ3n) is 7.48. The van der Waals surface area contributed by atoms with Crippen molar-refractivity contribution in [3.05, 3.63) is 88.0 Å². The minimum Gasteiger partial charge on any atom is -0.561 e. The smallest absolute Gasteiger partial charge is 0.351 e. The number of hydrogen-bond acceptors (Lipinski definition) is 7. The number of aliphatic hydroxyl groups excluding tert-OH is 1. The summed E-state index contributed by atoms with van der Waals surface area (Å²) < 4.78 is 13.8. The maximum atomic E-state index is 12.8. The number of fused-ring (bicyclic) bond motifs is 1. The molecule has 2 aliphatic rings. The first-order chi connectivity index (χ1) is 18.0. The van der Waals surface area contributed by atoms with E-state index in [1.54, 1.807) is 11.0 Å². The lowest BCUT2D eigenvalue weighted by molar-refractivity contribution is -0.0984. The van der Waals surface area contributed by atoms with Crippen LogP contribution in [0.4, 0.5) is 5.82 Å². The summed E-state index contributed by atoms with van der Waals surface area (Å²) in [6.45, 7) is 5.85. The molecule has 3 aromatic rings. The van der Waals surface area contributed by atoms with Crippen LogP contribution in [0.2, 0.25) is 0 Å². The Bertz CT molecular complexity index is 1420. The minimum absolute atomic E-state index is 0.0747. The van der Waals surface area contributed by atoms with Gasteiger partial charge in [0.2, 0.25) is 0 Å².